The van der Waals surface area contributed by atoms with Crippen molar-refractivity contribution in [2.24, 2.45) is 5.92 Å². The van der Waals surface area contributed by atoms with E-state index in [0.29, 0.717) is 41.6 Å². The number of hydrogen-bond acceptors (Lipinski definition) is 4. The number of rotatable bonds is 2. The smallest absolute Gasteiger partial charge is 0.256 e. The third-order valence-electron chi connectivity index (χ3n) is 5.09. The van der Waals surface area contributed by atoms with Gasteiger partial charge < -0.3 is 14.6 Å². The number of likely N-dealkylation sites (tertiary alicyclic amines) is 1. The molecular formula is C17H21FN4O2. The molecule has 0 bridgehead atoms. The Hall–Kier alpha value is -1.99. The van der Waals surface area contributed by atoms with Gasteiger partial charge in [0.05, 0.1) is 30.6 Å². The lowest BCUT2D eigenvalue weighted by Crippen LogP contribution is -2.47. The molecule has 3 heterocycles. The molecule has 0 radical (unpaired) electrons. The van der Waals surface area contributed by atoms with Crippen molar-refractivity contribution in [1.29, 1.82) is 0 Å². The van der Waals surface area contributed by atoms with Crippen LogP contribution in [0.2, 0.25) is 0 Å². The third kappa shape index (κ3) is 2.67. The minimum Gasteiger partial charge on any atom is -0.379 e. The molecule has 2 saturated heterocycles. The molecule has 7 heteroatoms. The fourth-order valence-corrected chi connectivity index (χ4v) is 3.85. The quantitative estimate of drug-likeness (QED) is 0.905. The van der Waals surface area contributed by atoms with E-state index < -0.39 is 5.82 Å². The lowest BCUT2D eigenvalue weighted by atomic mass is 10.0. The van der Waals surface area contributed by atoms with Gasteiger partial charge in [0.2, 0.25) is 0 Å². The van der Waals surface area contributed by atoms with E-state index in [2.05, 4.69) is 21.8 Å². The highest BCUT2D eigenvalue weighted by atomic mass is 19.1. The summed E-state index contributed by atoms with van der Waals surface area (Å²) in [5.41, 5.74) is 1.42. The molecule has 1 aromatic carbocycles. The second-order valence-electron chi connectivity index (χ2n) is 6.66. The first-order valence-electron chi connectivity index (χ1n) is 8.37. The molecule has 128 valence electrons. The normalized spacial score (nSPS) is 25.5. The molecule has 2 fully saturated rings. The second kappa shape index (κ2) is 6.14. The van der Waals surface area contributed by atoms with E-state index in [1.54, 1.807) is 0 Å². The zero-order valence-electron chi connectivity index (χ0n) is 13.7. The van der Waals surface area contributed by atoms with Crippen LogP contribution in [0, 0.1) is 11.7 Å². The highest BCUT2D eigenvalue weighted by molar-refractivity contribution is 6.04. The number of ether oxygens (including phenoxy) is 1. The summed E-state index contributed by atoms with van der Waals surface area (Å²) in [6, 6.07) is 2.99. The molecule has 4 rings (SSSR count). The Morgan fingerprint density at radius 2 is 2.12 bits per heavy atom. The molecule has 2 aromatic rings. The molecule has 2 aliphatic heterocycles. The molecular weight excluding hydrogens is 311 g/mol. The maximum absolute atomic E-state index is 13.8. The number of hydrogen-bond donors (Lipinski definition) is 1. The highest BCUT2D eigenvalue weighted by Gasteiger charge is 2.37. The summed E-state index contributed by atoms with van der Waals surface area (Å²) in [5, 5.41) is 0. The fourth-order valence-electron chi connectivity index (χ4n) is 3.85. The van der Waals surface area contributed by atoms with Crippen molar-refractivity contribution in [2.75, 3.05) is 39.4 Å². The van der Waals surface area contributed by atoms with Crippen LogP contribution in [-0.2, 0) is 4.74 Å². The van der Waals surface area contributed by atoms with E-state index >= 15 is 0 Å². The predicted octanol–water partition coefficient (Wildman–Crippen LogP) is 1.49. The summed E-state index contributed by atoms with van der Waals surface area (Å²) in [6.45, 7) is 6.82. The monoisotopic (exact) mass is 332 g/mol. The van der Waals surface area contributed by atoms with Gasteiger partial charge in [-0.15, -0.1) is 0 Å². The van der Waals surface area contributed by atoms with Crippen molar-refractivity contribution in [1.82, 2.24) is 19.8 Å². The van der Waals surface area contributed by atoms with Gasteiger partial charge in [0.15, 0.2) is 0 Å². The first kappa shape index (κ1) is 15.5. The summed E-state index contributed by atoms with van der Waals surface area (Å²) in [7, 11) is 0. The molecule has 0 saturated carbocycles. The Bertz CT molecular complexity index is 756. The first-order chi connectivity index (χ1) is 11.6. The number of halogens is 1. The number of H-pyrrole nitrogens is 1. The van der Waals surface area contributed by atoms with Gasteiger partial charge in [-0.3, -0.25) is 9.69 Å². The van der Waals surface area contributed by atoms with Crippen molar-refractivity contribution in [3.05, 3.63) is 29.8 Å². The average molecular weight is 332 g/mol. The summed E-state index contributed by atoms with van der Waals surface area (Å²) in [5.74, 6) is -0.184. The number of amides is 1. The Morgan fingerprint density at radius 1 is 1.33 bits per heavy atom. The molecule has 1 aromatic heterocycles. The van der Waals surface area contributed by atoms with Crippen molar-refractivity contribution in [3.63, 3.8) is 0 Å². The lowest BCUT2D eigenvalue weighted by Gasteiger charge is -2.34. The number of fused-ring (bicyclic) bond motifs is 1. The number of morpholine rings is 1. The van der Waals surface area contributed by atoms with Crippen molar-refractivity contribution in [3.8, 4) is 0 Å². The van der Waals surface area contributed by atoms with Gasteiger partial charge in [-0.2, -0.15) is 0 Å². The molecule has 2 unspecified atom stereocenters. The number of benzene rings is 1. The molecule has 2 atom stereocenters. The van der Waals surface area contributed by atoms with Gasteiger partial charge in [0.1, 0.15) is 11.3 Å². The minimum absolute atomic E-state index is 0.144. The van der Waals surface area contributed by atoms with E-state index in [1.807, 2.05) is 4.90 Å². The summed E-state index contributed by atoms with van der Waals surface area (Å²) in [4.78, 5) is 24.2. The van der Waals surface area contributed by atoms with Crippen LogP contribution < -0.4 is 0 Å². The van der Waals surface area contributed by atoms with Crippen LogP contribution >= 0.6 is 0 Å². The van der Waals surface area contributed by atoms with Gasteiger partial charge in [-0.25, -0.2) is 9.37 Å². The van der Waals surface area contributed by atoms with Crippen LogP contribution in [0.3, 0.4) is 0 Å². The van der Waals surface area contributed by atoms with Gasteiger partial charge in [-0.1, -0.05) is 6.92 Å². The lowest BCUT2D eigenvalue weighted by molar-refractivity contribution is 0.0119. The Kier molecular flexibility index (Phi) is 3.97. The van der Waals surface area contributed by atoms with Gasteiger partial charge in [-0.05, 0) is 18.1 Å². The van der Waals surface area contributed by atoms with Crippen molar-refractivity contribution >= 4 is 16.9 Å². The van der Waals surface area contributed by atoms with Gasteiger partial charge >= 0.3 is 0 Å². The van der Waals surface area contributed by atoms with Gasteiger partial charge in [0, 0.05) is 32.2 Å². The van der Waals surface area contributed by atoms with E-state index in [9.17, 15) is 9.18 Å². The van der Waals surface area contributed by atoms with E-state index in [-0.39, 0.29) is 5.91 Å². The average Bonchev–Trinajstić information content (AvgIpc) is 3.20. The minimum atomic E-state index is -0.424. The van der Waals surface area contributed by atoms with Gasteiger partial charge in [0.25, 0.3) is 5.91 Å². The number of aromatic amines is 1. The fraction of sp³-hybridized carbons (Fsp3) is 0.529. The molecule has 1 N–H and O–H groups in total. The number of nitrogens with zero attached hydrogens (tertiary/aromatic N) is 3. The Labute approximate surface area is 139 Å². The highest BCUT2D eigenvalue weighted by Crippen LogP contribution is 2.26. The SMILES string of the molecule is CC1CN(C(=O)c2cc(F)cc3[nH]cnc23)CC1N1CCOCC1. The second-order valence-corrected chi connectivity index (χ2v) is 6.66. The molecule has 0 aliphatic carbocycles. The van der Waals surface area contributed by atoms with Crippen LogP contribution in [0.4, 0.5) is 4.39 Å². The van der Waals surface area contributed by atoms with Crippen LogP contribution in [0.15, 0.2) is 18.5 Å². The van der Waals surface area contributed by atoms with Crippen molar-refractivity contribution < 1.29 is 13.9 Å². The van der Waals surface area contributed by atoms with Crippen LogP contribution in [0.1, 0.15) is 17.3 Å². The largest absolute Gasteiger partial charge is 0.379 e. The zero-order chi connectivity index (χ0) is 16.7. The first-order valence-corrected chi connectivity index (χ1v) is 8.37. The summed E-state index contributed by atoms with van der Waals surface area (Å²) < 4.78 is 19.2. The standard InChI is InChI=1S/C17H21FN4O2/c1-11-8-22(9-15(11)21-2-4-24-5-3-21)17(23)13-6-12(18)7-14-16(13)20-10-19-14/h6-7,10-11,15H,2-5,8-9H2,1H3,(H,19,20). The van der Waals surface area contributed by atoms with Crippen molar-refractivity contribution in [2.45, 2.75) is 13.0 Å². The van der Waals surface area contributed by atoms with Crippen LogP contribution in [-0.4, -0.2) is 71.1 Å². The molecule has 24 heavy (non-hydrogen) atoms. The molecule has 1 amide bonds. The Balaban J connectivity index is 1.57. The number of nitrogens with one attached hydrogen (secondary N) is 1. The van der Waals surface area contributed by atoms with E-state index in [0.717, 1.165) is 26.3 Å². The predicted molar refractivity (Wildman–Crippen MR) is 87.3 cm³/mol. The number of imidazole rings is 1. The molecule has 2 aliphatic rings. The Morgan fingerprint density at radius 3 is 2.92 bits per heavy atom. The zero-order valence-corrected chi connectivity index (χ0v) is 13.7. The topological polar surface area (TPSA) is 61.5 Å². The van der Waals surface area contributed by atoms with E-state index in [1.165, 1.54) is 18.5 Å². The maximum Gasteiger partial charge on any atom is 0.256 e. The van der Waals surface area contributed by atoms with Crippen LogP contribution in [0.25, 0.3) is 11.0 Å². The summed E-state index contributed by atoms with van der Waals surface area (Å²) in [6.07, 6.45) is 1.49. The number of carbonyl (C=O) groups is 1. The van der Waals surface area contributed by atoms with Crippen LogP contribution in [0.5, 0.6) is 0 Å². The number of carbonyl (C=O) groups excluding carboxylic acids is 1. The molecule has 0 spiro atoms. The third-order valence-corrected chi connectivity index (χ3v) is 5.09. The summed E-state index contributed by atoms with van der Waals surface area (Å²) >= 11 is 0. The molecule has 6 nitrogen and oxygen atoms in total. The maximum atomic E-state index is 13.8. The van der Waals surface area contributed by atoms with E-state index in [4.69, 9.17) is 4.74 Å². The number of aromatic nitrogens is 2.